The predicted molar refractivity (Wildman–Crippen MR) is 43.9 cm³/mol. The molecule has 0 aliphatic rings. The topological polar surface area (TPSA) is 12.9 Å². The molecule has 1 aromatic rings. The third-order valence-corrected chi connectivity index (χ3v) is 1.20. The molecule has 0 saturated carbocycles. The Labute approximate surface area is 118 Å². The van der Waals surface area contributed by atoms with Crippen molar-refractivity contribution in [3.05, 3.63) is 29.6 Å². The van der Waals surface area contributed by atoms with Crippen LogP contribution in [0.1, 0.15) is 25.1 Å². The van der Waals surface area contributed by atoms with Crippen LogP contribution in [0.4, 0.5) is 0 Å². The molecule has 2 heteroatoms. The monoisotopic (exact) mass is 221 g/mol. The van der Waals surface area contributed by atoms with Gasteiger partial charge in [0.1, 0.15) is 0 Å². The molecule has 11 heavy (non-hydrogen) atoms. The van der Waals surface area contributed by atoms with Gasteiger partial charge in [0, 0.05) is 0 Å². The summed E-state index contributed by atoms with van der Waals surface area (Å²) in [4.78, 5) is 4.02. The van der Waals surface area contributed by atoms with E-state index in [-0.39, 0.29) is 58.2 Å². The van der Waals surface area contributed by atoms with Crippen LogP contribution in [0.15, 0.2) is 12.3 Å². The van der Waals surface area contributed by atoms with Gasteiger partial charge >= 0.3 is 58.2 Å². The molecule has 1 heterocycles. The first-order valence-electron chi connectivity index (χ1n) is 3.60. The number of hydrogen-bond donors (Lipinski definition) is 0. The SMILES string of the molecule is CC.Cc1c[c-]cnc1C.[Rb+]. The predicted octanol–water partition coefficient (Wildman–Crippen LogP) is -0.471. The maximum absolute atomic E-state index is 4.02. The molecule has 0 atom stereocenters. The minimum absolute atomic E-state index is 0. The Balaban J connectivity index is 0. The van der Waals surface area contributed by atoms with E-state index < -0.39 is 0 Å². The smallest absolute Gasteiger partial charge is 0.301 e. The van der Waals surface area contributed by atoms with Crippen LogP contribution in [-0.4, -0.2) is 4.98 Å². The van der Waals surface area contributed by atoms with Crippen LogP contribution in [0.3, 0.4) is 0 Å². The molecule has 0 amide bonds. The zero-order chi connectivity index (χ0) is 7.98. The summed E-state index contributed by atoms with van der Waals surface area (Å²) in [5.74, 6) is 0. The molecular formula is C9H14NRb. The van der Waals surface area contributed by atoms with E-state index in [2.05, 4.69) is 11.1 Å². The first-order valence-corrected chi connectivity index (χ1v) is 3.60. The molecule has 1 rings (SSSR count). The molecule has 1 nitrogen and oxygen atoms in total. The fourth-order valence-corrected chi connectivity index (χ4v) is 0.503. The average molecular weight is 222 g/mol. The van der Waals surface area contributed by atoms with Crippen molar-refractivity contribution >= 4 is 0 Å². The quantitative estimate of drug-likeness (QED) is 0.540. The fraction of sp³-hybridized carbons (Fsp3) is 0.444. The second kappa shape index (κ2) is 9.05. The van der Waals surface area contributed by atoms with Gasteiger partial charge in [0.25, 0.3) is 0 Å². The van der Waals surface area contributed by atoms with E-state index in [1.807, 2.05) is 33.8 Å². The average Bonchev–Trinajstić information content (AvgIpc) is 2.00. The van der Waals surface area contributed by atoms with Crippen molar-refractivity contribution in [2.45, 2.75) is 27.7 Å². The van der Waals surface area contributed by atoms with Crippen molar-refractivity contribution in [1.29, 1.82) is 0 Å². The van der Waals surface area contributed by atoms with Crippen LogP contribution < -0.4 is 58.2 Å². The molecule has 1 aromatic heterocycles. The van der Waals surface area contributed by atoms with E-state index in [9.17, 15) is 0 Å². The molecule has 0 radical (unpaired) electrons. The summed E-state index contributed by atoms with van der Waals surface area (Å²) < 4.78 is 0. The van der Waals surface area contributed by atoms with Crippen molar-refractivity contribution in [2.24, 2.45) is 0 Å². The third kappa shape index (κ3) is 6.15. The normalized spacial score (nSPS) is 7.27. The molecule has 0 aromatic carbocycles. The molecule has 0 unspecified atom stereocenters. The van der Waals surface area contributed by atoms with E-state index >= 15 is 0 Å². The maximum atomic E-state index is 4.02. The number of aromatic nitrogens is 1. The van der Waals surface area contributed by atoms with Crippen LogP contribution >= 0.6 is 0 Å². The molecule has 0 bridgehead atoms. The second-order valence-electron chi connectivity index (χ2n) is 1.84. The van der Waals surface area contributed by atoms with E-state index in [4.69, 9.17) is 0 Å². The Morgan fingerprint density at radius 3 is 2.09 bits per heavy atom. The van der Waals surface area contributed by atoms with Gasteiger partial charge in [0.05, 0.1) is 0 Å². The van der Waals surface area contributed by atoms with E-state index in [0.717, 1.165) is 5.69 Å². The molecule has 0 spiro atoms. The van der Waals surface area contributed by atoms with E-state index in [1.54, 1.807) is 6.20 Å². The van der Waals surface area contributed by atoms with Gasteiger partial charge in [-0.3, -0.25) is 0 Å². The van der Waals surface area contributed by atoms with Gasteiger partial charge in [-0.1, -0.05) is 20.0 Å². The van der Waals surface area contributed by atoms with E-state index in [0.29, 0.717) is 0 Å². The molecule has 0 saturated heterocycles. The standard InChI is InChI=1S/C7H8N.C2H6.Rb/c1-6-4-3-5-8-7(6)2;1-2;/h4-5H,1-2H3;1-2H3;/q-1;;+1. The first-order chi connectivity index (χ1) is 4.80. The Bertz CT molecular complexity index is 166. The summed E-state index contributed by atoms with van der Waals surface area (Å²) in [5, 5.41) is 0. The second-order valence-corrected chi connectivity index (χ2v) is 1.84. The number of pyridine rings is 1. The van der Waals surface area contributed by atoms with Gasteiger partial charge in [0.2, 0.25) is 0 Å². The van der Waals surface area contributed by atoms with Crippen molar-refractivity contribution in [1.82, 2.24) is 4.98 Å². The first kappa shape index (κ1) is 14.5. The van der Waals surface area contributed by atoms with Gasteiger partial charge in [-0.25, -0.2) is 12.1 Å². The van der Waals surface area contributed by atoms with E-state index in [1.165, 1.54) is 5.56 Å². The number of hydrogen-bond acceptors (Lipinski definition) is 1. The van der Waals surface area contributed by atoms with Gasteiger partial charge in [0.15, 0.2) is 0 Å². The number of rotatable bonds is 0. The van der Waals surface area contributed by atoms with Gasteiger partial charge in [-0.2, -0.15) is 5.56 Å². The van der Waals surface area contributed by atoms with Gasteiger partial charge in [-0.05, 0) is 12.6 Å². The number of aryl methyl sites for hydroxylation is 2. The van der Waals surface area contributed by atoms with Gasteiger partial charge in [-0.15, -0.1) is 6.92 Å². The molecule has 0 aliphatic carbocycles. The molecule has 56 valence electrons. The summed E-state index contributed by atoms with van der Waals surface area (Å²) in [5.41, 5.74) is 2.29. The molecule has 0 aliphatic heterocycles. The van der Waals surface area contributed by atoms with Crippen LogP contribution in [-0.2, 0) is 0 Å². The summed E-state index contributed by atoms with van der Waals surface area (Å²) in [6.07, 6.45) is 1.68. The molecular weight excluding hydrogens is 208 g/mol. The minimum Gasteiger partial charge on any atom is -0.301 e. The third-order valence-electron chi connectivity index (χ3n) is 1.20. The molecule has 0 N–H and O–H groups in total. The van der Waals surface area contributed by atoms with Gasteiger partial charge < -0.3 is 4.98 Å². The van der Waals surface area contributed by atoms with Crippen molar-refractivity contribution < 1.29 is 58.2 Å². The Kier molecular flexibility index (Phi) is 11.9. The largest absolute Gasteiger partial charge is 1.00 e. The Hall–Kier alpha value is 0.955. The van der Waals surface area contributed by atoms with Crippen molar-refractivity contribution in [2.75, 3.05) is 0 Å². The fourth-order valence-electron chi connectivity index (χ4n) is 0.503. The Morgan fingerprint density at radius 2 is 1.82 bits per heavy atom. The van der Waals surface area contributed by atoms with Crippen LogP contribution in [0.2, 0.25) is 0 Å². The summed E-state index contributed by atoms with van der Waals surface area (Å²) in [6, 6.07) is 4.82. The molecule has 0 fully saturated rings. The summed E-state index contributed by atoms with van der Waals surface area (Å²) >= 11 is 0. The zero-order valence-electron chi connectivity index (χ0n) is 8.10. The van der Waals surface area contributed by atoms with Crippen molar-refractivity contribution in [3.8, 4) is 0 Å². The summed E-state index contributed by atoms with van der Waals surface area (Å²) in [6.45, 7) is 8.02. The maximum Gasteiger partial charge on any atom is 1.00 e. The van der Waals surface area contributed by atoms with Crippen LogP contribution in [0.25, 0.3) is 0 Å². The van der Waals surface area contributed by atoms with Crippen LogP contribution in [0, 0.1) is 19.9 Å². The number of nitrogens with zero attached hydrogens (tertiary/aromatic N) is 1. The summed E-state index contributed by atoms with van der Waals surface area (Å²) in [7, 11) is 0. The van der Waals surface area contributed by atoms with Crippen molar-refractivity contribution in [3.63, 3.8) is 0 Å². The zero-order valence-corrected chi connectivity index (χ0v) is 13.0. The van der Waals surface area contributed by atoms with Crippen LogP contribution in [0.5, 0.6) is 0 Å². The Morgan fingerprint density at radius 1 is 1.27 bits per heavy atom. The minimum atomic E-state index is 0.